The number of para-hydroxylation sites is 1. The first-order chi connectivity index (χ1) is 14.1. The molecule has 0 unspecified atom stereocenters. The largest absolute Gasteiger partial charge is 0.467 e. The lowest BCUT2D eigenvalue weighted by Gasteiger charge is -2.17. The second kappa shape index (κ2) is 9.38. The van der Waals surface area contributed by atoms with Gasteiger partial charge in [-0.1, -0.05) is 36.4 Å². The number of nitrogens with zero attached hydrogens (tertiary/aromatic N) is 2. The van der Waals surface area contributed by atoms with Gasteiger partial charge in [0.15, 0.2) is 5.69 Å². The Balaban J connectivity index is 2.08. The van der Waals surface area contributed by atoms with E-state index in [-0.39, 0.29) is 11.3 Å². The van der Waals surface area contributed by atoms with E-state index < -0.39 is 17.9 Å². The van der Waals surface area contributed by atoms with E-state index in [1.165, 1.54) is 11.8 Å². The maximum Gasteiger partial charge on any atom is 0.328 e. The highest BCUT2D eigenvalue weighted by atomic mass is 32.2. The Labute approximate surface area is 172 Å². The van der Waals surface area contributed by atoms with Crippen molar-refractivity contribution in [1.29, 1.82) is 0 Å². The molecule has 1 N–H and O–H groups in total. The van der Waals surface area contributed by atoms with Crippen LogP contribution in [0.4, 0.5) is 0 Å². The van der Waals surface area contributed by atoms with Crippen LogP contribution in [0, 0.1) is 0 Å². The Kier molecular flexibility index (Phi) is 6.66. The minimum Gasteiger partial charge on any atom is -0.467 e. The SMILES string of the molecule is COC(=O)[C@H](CCSC)NC(=O)c1nn(-c2ccccc2)c(=O)c2ccccc12. The van der Waals surface area contributed by atoms with Gasteiger partial charge in [0.1, 0.15) is 6.04 Å². The highest BCUT2D eigenvalue weighted by molar-refractivity contribution is 7.98. The molecule has 0 aliphatic rings. The van der Waals surface area contributed by atoms with E-state index in [4.69, 9.17) is 4.74 Å². The number of ether oxygens (including phenoxy) is 1. The number of thioether (sulfide) groups is 1. The lowest BCUT2D eigenvalue weighted by Crippen LogP contribution is -2.43. The van der Waals surface area contributed by atoms with E-state index in [0.717, 1.165) is 0 Å². The second-order valence-corrected chi connectivity index (χ2v) is 7.26. The monoisotopic (exact) mass is 411 g/mol. The predicted molar refractivity (Wildman–Crippen MR) is 114 cm³/mol. The minimum absolute atomic E-state index is 0.0714. The van der Waals surface area contributed by atoms with Crippen LogP contribution < -0.4 is 10.9 Å². The Hall–Kier alpha value is -3.13. The zero-order valence-electron chi connectivity index (χ0n) is 16.1. The fraction of sp³-hybridized carbons (Fsp3) is 0.238. The average molecular weight is 411 g/mol. The molecule has 0 spiro atoms. The number of amides is 1. The van der Waals surface area contributed by atoms with Gasteiger partial charge in [0.2, 0.25) is 0 Å². The molecule has 3 rings (SSSR count). The number of benzene rings is 2. The quantitative estimate of drug-likeness (QED) is 0.601. The number of esters is 1. The Morgan fingerprint density at radius 2 is 1.76 bits per heavy atom. The van der Waals surface area contributed by atoms with Crippen LogP contribution in [0.15, 0.2) is 59.4 Å². The third kappa shape index (κ3) is 4.48. The number of fused-ring (bicyclic) bond motifs is 1. The number of nitrogens with one attached hydrogen (secondary N) is 1. The molecule has 7 nitrogen and oxygen atoms in total. The van der Waals surface area contributed by atoms with Crippen molar-refractivity contribution in [1.82, 2.24) is 15.1 Å². The molecule has 1 atom stereocenters. The first kappa shape index (κ1) is 20.6. The maximum absolute atomic E-state index is 13.0. The molecule has 0 bridgehead atoms. The van der Waals surface area contributed by atoms with Crippen LogP contribution in [-0.2, 0) is 9.53 Å². The molecule has 0 aliphatic heterocycles. The molecule has 1 aromatic heterocycles. The first-order valence-electron chi connectivity index (χ1n) is 9.02. The number of carbonyl (C=O) groups excluding carboxylic acids is 2. The van der Waals surface area contributed by atoms with Crippen LogP contribution >= 0.6 is 11.8 Å². The van der Waals surface area contributed by atoms with E-state index in [1.807, 2.05) is 12.3 Å². The molecule has 150 valence electrons. The van der Waals surface area contributed by atoms with E-state index in [9.17, 15) is 14.4 Å². The number of hydrogen-bond acceptors (Lipinski definition) is 6. The summed E-state index contributed by atoms with van der Waals surface area (Å²) in [6.07, 6.45) is 2.34. The Morgan fingerprint density at radius 3 is 2.41 bits per heavy atom. The summed E-state index contributed by atoms with van der Waals surface area (Å²) < 4.78 is 6.01. The molecule has 29 heavy (non-hydrogen) atoms. The average Bonchev–Trinajstić information content (AvgIpc) is 2.77. The molecule has 0 fully saturated rings. The number of aromatic nitrogens is 2. The molecule has 8 heteroatoms. The van der Waals surface area contributed by atoms with Gasteiger partial charge in [-0.2, -0.15) is 21.5 Å². The van der Waals surface area contributed by atoms with Gasteiger partial charge in [-0.25, -0.2) is 4.79 Å². The maximum atomic E-state index is 13.0. The highest BCUT2D eigenvalue weighted by Crippen LogP contribution is 2.16. The van der Waals surface area contributed by atoms with Crippen LogP contribution in [-0.4, -0.2) is 46.8 Å². The number of rotatable bonds is 7. The van der Waals surface area contributed by atoms with Crippen molar-refractivity contribution < 1.29 is 14.3 Å². The highest BCUT2D eigenvalue weighted by Gasteiger charge is 2.24. The third-order valence-corrected chi connectivity index (χ3v) is 5.07. The van der Waals surface area contributed by atoms with Crippen molar-refractivity contribution in [2.45, 2.75) is 12.5 Å². The lowest BCUT2D eigenvalue weighted by molar-refractivity contribution is -0.142. The Morgan fingerprint density at radius 1 is 1.10 bits per heavy atom. The van der Waals surface area contributed by atoms with Crippen molar-refractivity contribution in [2.24, 2.45) is 0 Å². The number of carbonyl (C=O) groups is 2. The fourth-order valence-electron chi connectivity index (χ4n) is 2.95. The summed E-state index contributed by atoms with van der Waals surface area (Å²) in [7, 11) is 1.28. The van der Waals surface area contributed by atoms with Crippen molar-refractivity contribution >= 4 is 34.4 Å². The third-order valence-electron chi connectivity index (χ3n) is 4.42. The van der Waals surface area contributed by atoms with E-state index in [2.05, 4.69) is 10.4 Å². The summed E-state index contributed by atoms with van der Waals surface area (Å²) in [5.74, 6) is -0.381. The normalized spacial score (nSPS) is 11.8. The minimum atomic E-state index is -0.794. The molecular weight excluding hydrogens is 390 g/mol. The van der Waals surface area contributed by atoms with E-state index >= 15 is 0 Å². The topological polar surface area (TPSA) is 90.3 Å². The molecule has 0 radical (unpaired) electrons. The van der Waals surface area contributed by atoms with E-state index in [0.29, 0.717) is 28.6 Å². The fourth-order valence-corrected chi connectivity index (χ4v) is 3.43. The zero-order chi connectivity index (χ0) is 20.8. The van der Waals surface area contributed by atoms with Gasteiger partial charge >= 0.3 is 5.97 Å². The molecule has 3 aromatic rings. The van der Waals surface area contributed by atoms with Crippen LogP contribution in [0.1, 0.15) is 16.9 Å². The molecule has 0 saturated heterocycles. The standard InChI is InChI=1S/C21H21N3O4S/c1-28-21(27)17(12-13-29-2)22-19(25)18-15-10-6-7-11-16(15)20(26)24(23-18)14-8-4-3-5-9-14/h3-11,17H,12-13H2,1-2H3,(H,22,25)/t17-/m0/s1. The van der Waals surface area contributed by atoms with Gasteiger partial charge in [0.25, 0.3) is 11.5 Å². The lowest BCUT2D eigenvalue weighted by atomic mass is 10.1. The molecule has 1 heterocycles. The van der Waals surface area contributed by atoms with Crippen molar-refractivity contribution in [3.8, 4) is 5.69 Å². The summed E-state index contributed by atoms with van der Waals surface area (Å²) in [6, 6.07) is 14.9. The molecule has 0 saturated carbocycles. The van der Waals surface area contributed by atoms with Gasteiger partial charge < -0.3 is 10.1 Å². The molecule has 1 amide bonds. The molecule has 0 aliphatic carbocycles. The Bertz CT molecular complexity index is 1080. The molecule has 2 aromatic carbocycles. The van der Waals surface area contributed by atoms with Crippen LogP contribution in [0.2, 0.25) is 0 Å². The van der Waals surface area contributed by atoms with E-state index in [1.54, 1.807) is 60.3 Å². The summed E-state index contributed by atoms with van der Waals surface area (Å²) >= 11 is 1.56. The number of methoxy groups -OCH3 is 1. The van der Waals surface area contributed by atoms with Gasteiger partial charge in [-0.3, -0.25) is 9.59 Å². The van der Waals surface area contributed by atoms with Crippen LogP contribution in [0.3, 0.4) is 0 Å². The van der Waals surface area contributed by atoms with Crippen molar-refractivity contribution in [2.75, 3.05) is 19.1 Å². The van der Waals surface area contributed by atoms with Gasteiger partial charge in [0, 0.05) is 5.39 Å². The number of hydrogen-bond donors (Lipinski definition) is 1. The summed E-state index contributed by atoms with van der Waals surface area (Å²) in [5, 5.41) is 7.83. The summed E-state index contributed by atoms with van der Waals surface area (Å²) in [5.41, 5.74) is 0.293. The second-order valence-electron chi connectivity index (χ2n) is 6.28. The van der Waals surface area contributed by atoms with Crippen LogP contribution in [0.5, 0.6) is 0 Å². The summed E-state index contributed by atoms with van der Waals surface area (Å²) in [6.45, 7) is 0. The van der Waals surface area contributed by atoms with Gasteiger partial charge in [-0.15, -0.1) is 0 Å². The van der Waals surface area contributed by atoms with Crippen LogP contribution in [0.25, 0.3) is 16.5 Å². The van der Waals surface area contributed by atoms with Gasteiger partial charge in [-0.05, 0) is 36.6 Å². The van der Waals surface area contributed by atoms with Crippen molar-refractivity contribution in [3.05, 3.63) is 70.6 Å². The first-order valence-corrected chi connectivity index (χ1v) is 10.4. The predicted octanol–water partition coefficient (Wildman–Crippen LogP) is 2.41. The van der Waals surface area contributed by atoms with Gasteiger partial charge in [0.05, 0.1) is 18.2 Å². The summed E-state index contributed by atoms with van der Waals surface area (Å²) in [4.78, 5) is 38.0. The zero-order valence-corrected chi connectivity index (χ0v) is 16.9. The smallest absolute Gasteiger partial charge is 0.328 e. The molecular formula is C21H21N3O4S. The van der Waals surface area contributed by atoms with Crippen molar-refractivity contribution in [3.63, 3.8) is 0 Å².